The Kier molecular flexibility index (Phi) is 9.62. The molecule has 1 aromatic carbocycles. The number of hydrogen-bond acceptors (Lipinski definition) is 4. The van der Waals surface area contributed by atoms with Gasteiger partial charge in [0.2, 0.25) is 0 Å². The lowest BCUT2D eigenvalue weighted by molar-refractivity contribution is 0.0289. The van der Waals surface area contributed by atoms with E-state index in [4.69, 9.17) is 21.4 Å². The lowest BCUT2D eigenvalue weighted by Gasteiger charge is -2.12. The summed E-state index contributed by atoms with van der Waals surface area (Å²) in [5.41, 5.74) is 0.929. The van der Waals surface area contributed by atoms with Crippen molar-refractivity contribution in [3.05, 3.63) is 34.9 Å². The molecule has 0 aliphatic heterocycles. The fourth-order valence-corrected chi connectivity index (χ4v) is 1.98. The fraction of sp³-hybridized carbons (Fsp3) is 0.600. The number of halogens is 1. The summed E-state index contributed by atoms with van der Waals surface area (Å²) in [6, 6.07) is 7.52. The summed E-state index contributed by atoms with van der Waals surface area (Å²) in [6.45, 7) is 2.31. The van der Waals surface area contributed by atoms with E-state index >= 15 is 0 Å². The van der Waals surface area contributed by atoms with E-state index in [0.29, 0.717) is 18.2 Å². The number of benzene rings is 1. The van der Waals surface area contributed by atoms with Crippen molar-refractivity contribution in [2.45, 2.75) is 32.0 Å². The van der Waals surface area contributed by atoms with Gasteiger partial charge < -0.3 is 20.3 Å². The maximum Gasteiger partial charge on any atom is 0.0897 e. The first-order valence-corrected chi connectivity index (χ1v) is 7.42. The van der Waals surface area contributed by atoms with Crippen LogP contribution in [-0.4, -0.2) is 42.6 Å². The maximum absolute atomic E-state index is 9.74. The summed E-state index contributed by atoms with van der Waals surface area (Å²) < 4.78 is 5.45. The van der Waals surface area contributed by atoms with Gasteiger partial charge in [-0.2, -0.15) is 0 Å². The average molecular weight is 302 g/mol. The number of nitrogens with one attached hydrogen (secondary N) is 1. The number of rotatable bonds is 11. The minimum Gasteiger partial charge on any atom is -0.396 e. The first-order chi connectivity index (χ1) is 9.74. The molecule has 20 heavy (non-hydrogen) atoms. The summed E-state index contributed by atoms with van der Waals surface area (Å²) in [6.07, 6.45) is 2.33. The van der Waals surface area contributed by atoms with Crippen LogP contribution in [-0.2, 0) is 11.3 Å². The van der Waals surface area contributed by atoms with E-state index in [1.807, 2.05) is 24.3 Å². The zero-order chi connectivity index (χ0) is 14.6. The van der Waals surface area contributed by atoms with E-state index in [0.717, 1.165) is 31.4 Å². The molecule has 0 bridgehead atoms. The molecule has 0 aliphatic carbocycles. The van der Waals surface area contributed by atoms with Crippen LogP contribution >= 0.6 is 11.6 Å². The predicted molar refractivity (Wildman–Crippen MR) is 80.9 cm³/mol. The quantitative estimate of drug-likeness (QED) is 0.547. The van der Waals surface area contributed by atoms with Gasteiger partial charge in [-0.25, -0.2) is 0 Å². The van der Waals surface area contributed by atoms with Crippen LogP contribution < -0.4 is 5.32 Å². The van der Waals surface area contributed by atoms with Crippen molar-refractivity contribution in [3.63, 3.8) is 0 Å². The number of unbranched alkanes of at least 4 members (excludes halogenated alkanes) is 2. The Morgan fingerprint density at radius 2 is 2.00 bits per heavy atom. The first kappa shape index (κ1) is 17.4. The van der Waals surface area contributed by atoms with Crippen LogP contribution in [0.15, 0.2) is 24.3 Å². The first-order valence-electron chi connectivity index (χ1n) is 7.05. The van der Waals surface area contributed by atoms with Gasteiger partial charge in [0.1, 0.15) is 0 Å². The average Bonchev–Trinajstić information content (AvgIpc) is 2.45. The topological polar surface area (TPSA) is 61.7 Å². The van der Waals surface area contributed by atoms with Gasteiger partial charge in [-0.1, -0.05) is 29.8 Å². The Balaban J connectivity index is 2.03. The molecule has 1 aromatic rings. The smallest absolute Gasteiger partial charge is 0.0897 e. The van der Waals surface area contributed by atoms with Crippen LogP contribution in [0.1, 0.15) is 24.8 Å². The van der Waals surface area contributed by atoms with Gasteiger partial charge in [0.05, 0.1) is 19.3 Å². The summed E-state index contributed by atoms with van der Waals surface area (Å²) in [5, 5.41) is 22.2. The molecular formula is C15H24ClNO3. The summed E-state index contributed by atoms with van der Waals surface area (Å²) in [5.74, 6) is 0. The molecule has 0 heterocycles. The van der Waals surface area contributed by atoms with E-state index in [1.165, 1.54) is 0 Å². The van der Waals surface area contributed by atoms with E-state index in [9.17, 15) is 5.11 Å². The van der Waals surface area contributed by atoms with Gasteiger partial charge in [0.25, 0.3) is 0 Å². The molecule has 0 saturated carbocycles. The van der Waals surface area contributed by atoms with Crippen molar-refractivity contribution < 1.29 is 14.9 Å². The molecule has 0 fully saturated rings. The van der Waals surface area contributed by atoms with E-state index in [-0.39, 0.29) is 13.2 Å². The molecule has 114 valence electrons. The van der Waals surface area contributed by atoms with Crippen molar-refractivity contribution in [3.8, 4) is 0 Å². The van der Waals surface area contributed by atoms with Crippen LogP contribution in [0.5, 0.6) is 0 Å². The van der Waals surface area contributed by atoms with Crippen molar-refractivity contribution in [2.24, 2.45) is 0 Å². The largest absolute Gasteiger partial charge is 0.396 e. The number of ether oxygens (including phenoxy) is 1. The molecule has 0 radical (unpaired) electrons. The highest BCUT2D eigenvalue weighted by Gasteiger charge is 2.05. The molecule has 1 atom stereocenters. The van der Waals surface area contributed by atoms with Crippen molar-refractivity contribution in [2.75, 3.05) is 26.3 Å². The van der Waals surface area contributed by atoms with E-state index in [2.05, 4.69) is 5.32 Å². The van der Waals surface area contributed by atoms with Crippen LogP contribution in [0.4, 0.5) is 0 Å². The minimum absolute atomic E-state index is 0.249. The fourth-order valence-electron chi connectivity index (χ4n) is 1.79. The van der Waals surface area contributed by atoms with Gasteiger partial charge in [-0.3, -0.25) is 0 Å². The van der Waals surface area contributed by atoms with Gasteiger partial charge in [-0.05, 0) is 37.4 Å². The van der Waals surface area contributed by atoms with Gasteiger partial charge in [0, 0.05) is 18.2 Å². The molecular weight excluding hydrogens is 278 g/mol. The molecule has 0 saturated heterocycles. The number of aliphatic hydroxyl groups is 2. The van der Waals surface area contributed by atoms with E-state index < -0.39 is 6.10 Å². The highest BCUT2D eigenvalue weighted by atomic mass is 35.5. The standard InChI is InChI=1S/C15H24ClNO3/c16-15-7-3-2-6-13(15)11-20-12-14(19)10-17-8-4-1-5-9-18/h2-3,6-7,14,17-19H,1,4-5,8-12H2. The molecule has 1 rings (SSSR count). The Labute approximate surface area is 125 Å². The predicted octanol–water partition coefficient (Wildman–Crippen LogP) is 1.97. The third-order valence-corrected chi connectivity index (χ3v) is 3.29. The minimum atomic E-state index is -0.518. The van der Waals surface area contributed by atoms with Crippen LogP contribution in [0.3, 0.4) is 0 Å². The normalized spacial score (nSPS) is 12.6. The van der Waals surface area contributed by atoms with E-state index in [1.54, 1.807) is 0 Å². The third kappa shape index (κ3) is 7.82. The van der Waals surface area contributed by atoms with Crippen LogP contribution in [0, 0.1) is 0 Å². The van der Waals surface area contributed by atoms with Crippen LogP contribution in [0.25, 0.3) is 0 Å². The molecule has 0 aromatic heterocycles. The van der Waals surface area contributed by atoms with Crippen molar-refractivity contribution in [1.82, 2.24) is 5.32 Å². The summed E-state index contributed by atoms with van der Waals surface area (Å²) in [7, 11) is 0. The lowest BCUT2D eigenvalue weighted by atomic mass is 10.2. The molecule has 0 amide bonds. The zero-order valence-electron chi connectivity index (χ0n) is 11.7. The second-order valence-corrected chi connectivity index (χ2v) is 5.16. The van der Waals surface area contributed by atoms with Crippen molar-refractivity contribution in [1.29, 1.82) is 0 Å². The monoisotopic (exact) mass is 301 g/mol. The Bertz CT molecular complexity index is 363. The highest BCUT2D eigenvalue weighted by molar-refractivity contribution is 6.31. The second kappa shape index (κ2) is 11.1. The van der Waals surface area contributed by atoms with Gasteiger partial charge in [-0.15, -0.1) is 0 Å². The second-order valence-electron chi connectivity index (χ2n) is 4.75. The Morgan fingerprint density at radius 1 is 1.20 bits per heavy atom. The maximum atomic E-state index is 9.74. The molecule has 4 nitrogen and oxygen atoms in total. The lowest BCUT2D eigenvalue weighted by Crippen LogP contribution is -2.31. The zero-order valence-corrected chi connectivity index (χ0v) is 12.5. The summed E-state index contributed by atoms with van der Waals surface area (Å²) >= 11 is 6.01. The third-order valence-electron chi connectivity index (χ3n) is 2.92. The van der Waals surface area contributed by atoms with Gasteiger partial charge in [0.15, 0.2) is 0 Å². The van der Waals surface area contributed by atoms with Gasteiger partial charge >= 0.3 is 0 Å². The molecule has 5 heteroatoms. The van der Waals surface area contributed by atoms with Crippen molar-refractivity contribution >= 4 is 11.6 Å². The number of aliphatic hydroxyl groups excluding tert-OH is 2. The summed E-state index contributed by atoms with van der Waals surface area (Å²) in [4.78, 5) is 0. The molecule has 1 unspecified atom stereocenters. The molecule has 0 aliphatic rings. The Morgan fingerprint density at radius 3 is 2.75 bits per heavy atom. The Hall–Kier alpha value is -0.650. The van der Waals surface area contributed by atoms with Crippen LogP contribution in [0.2, 0.25) is 5.02 Å². The molecule has 0 spiro atoms. The molecule has 3 N–H and O–H groups in total. The highest BCUT2D eigenvalue weighted by Crippen LogP contribution is 2.15. The SMILES string of the molecule is OCCCCCNCC(O)COCc1ccccc1Cl. The number of hydrogen-bond donors (Lipinski definition) is 3.